The van der Waals surface area contributed by atoms with Gasteiger partial charge in [0.15, 0.2) is 0 Å². The van der Waals surface area contributed by atoms with Crippen molar-refractivity contribution in [1.82, 2.24) is 0 Å². The summed E-state index contributed by atoms with van der Waals surface area (Å²) in [6.45, 7) is 6.72. The molecule has 0 aliphatic heterocycles. The van der Waals surface area contributed by atoms with E-state index in [2.05, 4.69) is 13.8 Å². The molecule has 4 saturated carbocycles. The Morgan fingerprint density at radius 3 is 2.35 bits per heavy atom. The Balaban J connectivity index is 1.58. The van der Waals surface area contributed by atoms with E-state index in [1.165, 1.54) is 38.5 Å². The molecule has 130 valence electrons. The van der Waals surface area contributed by atoms with Gasteiger partial charge in [0.2, 0.25) is 0 Å². The summed E-state index contributed by atoms with van der Waals surface area (Å²) in [4.78, 5) is 11.9. The SMILES string of the molecule is CC(=O)[C@H]1CC[C@@]2(C)[C@H](CC[C@@H]3[C@@H]2CC[C@]2(C)[C@@H](O)CC[C@@H]32)C1. The summed E-state index contributed by atoms with van der Waals surface area (Å²) in [6.07, 6.45) is 10.9. The Kier molecular flexibility index (Phi) is 3.72. The molecule has 8 atom stereocenters. The van der Waals surface area contributed by atoms with E-state index in [1.54, 1.807) is 6.92 Å². The van der Waals surface area contributed by atoms with Gasteiger partial charge in [-0.2, -0.15) is 0 Å². The van der Waals surface area contributed by atoms with Crippen LogP contribution >= 0.6 is 0 Å². The highest BCUT2D eigenvalue weighted by atomic mass is 16.3. The molecule has 0 aromatic carbocycles. The summed E-state index contributed by atoms with van der Waals surface area (Å²) in [5, 5.41) is 10.5. The van der Waals surface area contributed by atoms with E-state index in [0.29, 0.717) is 17.1 Å². The highest BCUT2D eigenvalue weighted by Gasteiger charge is 2.60. The molecule has 23 heavy (non-hydrogen) atoms. The van der Waals surface area contributed by atoms with Crippen molar-refractivity contribution < 1.29 is 9.90 Å². The second-order valence-electron chi connectivity index (χ2n) is 9.88. The minimum Gasteiger partial charge on any atom is -0.393 e. The van der Waals surface area contributed by atoms with E-state index in [-0.39, 0.29) is 11.5 Å². The van der Waals surface area contributed by atoms with Crippen molar-refractivity contribution in [1.29, 1.82) is 0 Å². The van der Waals surface area contributed by atoms with Gasteiger partial charge in [0.25, 0.3) is 0 Å². The van der Waals surface area contributed by atoms with Crippen LogP contribution in [0.25, 0.3) is 0 Å². The summed E-state index contributed by atoms with van der Waals surface area (Å²) in [5.41, 5.74) is 0.657. The Labute approximate surface area is 141 Å². The van der Waals surface area contributed by atoms with Gasteiger partial charge in [-0.3, -0.25) is 4.79 Å². The Morgan fingerprint density at radius 1 is 0.913 bits per heavy atom. The fraction of sp³-hybridized carbons (Fsp3) is 0.952. The lowest BCUT2D eigenvalue weighted by Crippen LogP contribution is -2.54. The van der Waals surface area contributed by atoms with Gasteiger partial charge in [-0.05, 0) is 99.2 Å². The van der Waals surface area contributed by atoms with Crippen LogP contribution < -0.4 is 0 Å². The molecule has 0 radical (unpaired) electrons. The van der Waals surface area contributed by atoms with Crippen LogP contribution in [0.15, 0.2) is 0 Å². The normalized spacial score (nSPS) is 55.7. The van der Waals surface area contributed by atoms with Crippen molar-refractivity contribution in [2.75, 3.05) is 0 Å². The fourth-order valence-electron chi connectivity index (χ4n) is 7.60. The van der Waals surface area contributed by atoms with Crippen molar-refractivity contribution in [3.05, 3.63) is 0 Å². The van der Waals surface area contributed by atoms with Gasteiger partial charge < -0.3 is 5.11 Å². The standard InChI is InChI=1S/C21H34O2/c1-13(22)14-8-10-20(2)15(12-14)4-5-16-17-6-7-19(23)21(17,3)11-9-18(16)20/h14-19,23H,4-12H2,1-3H3/t14-,15+,16-,17-,18-,19-,20-,21-/m0/s1. The lowest BCUT2D eigenvalue weighted by molar-refractivity contribution is -0.138. The molecule has 0 amide bonds. The maximum Gasteiger partial charge on any atom is 0.132 e. The van der Waals surface area contributed by atoms with Gasteiger partial charge >= 0.3 is 0 Å². The molecular weight excluding hydrogens is 284 g/mol. The molecule has 2 heteroatoms. The summed E-state index contributed by atoms with van der Waals surface area (Å²) in [6, 6.07) is 0. The average Bonchev–Trinajstić information content (AvgIpc) is 2.82. The molecule has 0 saturated heterocycles. The molecule has 0 aromatic rings. The van der Waals surface area contributed by atoms with Gasteiger partial charge in [0, 0.05) is 5.92 Å². The van der Waals surface area contributed by atoms with Crippen molar-refractivity contribution in [2.24, 2.45) is 40.4 Å². The Morgan fingerprint density at radius 2 is 1.61 bits per heavy atom. The van der Waals surface area contributed by atoms with Gasteiger partial charge in [-0.25, -0.2) is 0 Å². The zero-order valence-electron chi connectivity index (χ0n) is 15.2. The van der Waals surface area contributed by atoms with Gasteiger partial charge in [0.05, 0.1) is 6.10 Å². The topological polar surface area (TPSA) is 37.3 Å². The second-order valence-corrected chi connectivity index (χ2v) is 9.88. The monoisotopic (exact) mass is 318 g/mol. The van der Waals surface area contributed by atoms with E-state index < -0.39 is 0 Å². The number of aliphatic hydroxyl groups is 1. The van der Waals surface area contributed by atoms with Crippen molar-refractivity contribution >= 4 is 5.78 Å². The predicted octanol–water partition coefficient (Wildman–Crippen LogP) is 4.60. The predicted molar refractivity (Wildman–Crippen MR) is 91.9 cm³/mol. The number of rotatable bonds is 1. The molecular formula is C21H34O2. The number of aliphatic hydroxyl groups excluding tert-OH is 1. The van der Waals surface area contributed by atoms with Crippen LogP contribution in [-0.4, -0.2) is 17.0 Å². The third-order valence-electron chi connectivity index (χ3n) is 9.19. The molecule has 0 bridgehead atoms. The quantitative estimate of drug-likeness (QED) is 0.767. The van der Waals surface area contributed by atoms with Crippen LogP contribution in [0.2, 0.25) is 0 Å². The number of hydrogen-bond donors (Lipinski definition) is 1. The zero-order valence-corrected chi connectivity index (χ0v) is 15.2. The average molecular weight is 319 g/mol. The minimum absolute atomic E-state index is 0.0626. The highest BCUT2D eigenvalue weighted by molar-refractivity contribution is 5.78. The number of carbonyl (C=O) groups is 1. The second kappa shape index (κ2) is 5.31. The maximum absolute atomic E-state index is 11.9. The molecule has 2 nitrogen and oxygen atoms in total. The molecule has 1 N–H and O–H groups in total. The first-order chi connectivity index (χ1) is 10.9. The van der Waals surface area contributed by atoms with Crippen molar-refractivity contribution in [2.45, 2.75) is 84.7 Å². The van der Waals surface area contributed by atoms with Crippen molar-refractivity contribution in [3.63, 3.8) is 0 Å². The molecule has 0 heterocycles. The third-order valence-corrected chi connectivity index (χ3v) is 9.19. The number of ketones is 1. The van der Waals surface area contributed by atoms with Crippen LogP contribution in [0.3, 0.4) is 0 Å². The Bertz CT molecular complexity index is 500. The van der Waals surface area contributed by atoms with Crippen LogP contribution in [0.5, 0.6) is 0 Å². The minimum atomic E-state index is -0.0626. The molecule has 4 aliphatic rings. The van der Waals surface area contributed by atoms with E-state index in [9.17, 15) is 9.90 Å². The number of Topliss-reactive ketones (excluding diaryl/α,β-unsaturated/α-hetero) is 1. The highest BCUT2D eigenvalue weighted by Crippen LogP contribution is 2.66. The molecule has 0 unspecified atom stereocenters. The molecule has 4 fully saturated rings. The van der Waals surface area contributed by atoms with Crippen LogP contribution in [0.1, 0.15) is 78.6 Å². The maximum atomic E-state index is 11.9. The van der Waals surface area contributed by atoms with E-state index in [1.807, 2.05) is 0 Å². The Hall–Kier alpha value is -0.370. The fourth-order valence-corrected chi connectivity index (χ4v) is 7.60. The zero-order chi connectivity index (χ0) is 16.4. The lowest BCUT2D eigenvalue weighted by atomic mass is 9.44. The summed E-state index contributed by atoms with van der Waals surface area (Å²) in [7, 11) is 0. The lowest BCUT2D eigenvalue weighted by Gasteiger charge is -2.60. The number of fused-ring (bicyclic) bond motifs is 5. The third kappa shape index (κ3) is 2.19. The summed E-state index contributed by atoms with van der Waals surface area (Å²) >= 11 is 0. The van der Waals surface area contributed by atoms with Crippen LogP contribution in [0.4, 0.5) is 0 Å². The van der Waals surface area contributed by atoms with Crippen molar-refractivity contribution in [3.8, 4) is 0 Å². The van der Waals surface area contributed by atoms with E-state index in [4.69, 9.17) is 0 Å². The first-order valence-corrected chi connectivity index (χ1v) is 10.0. The largest absolute Gasteiger partial charge is 0.393 e. The van der Waals surface area contributed by atoms with E-state index >= 15 is 0 Å². The van der Waals surface area contributed by atoms with Gasteiger partial charge in [0.1, 0.15) is 5.78 Å². The molecule has 0 aromatic heterocycles. The molecule has 4 rings (SSSR count). The van der Waals surface area contributed by atoms with E-state index in [0.717, 1.165) is 42.9 Å². The summed E-state index contributed by atoms with van der Waals surface area (Å²) < 4.78 is 0. The first-order valence-electron chi connectivity index (χ1n) is 10.0. The number of carbonyl (C=O) groups excluding carboxylic acids is 1. The van der Waals surface area contributed by atoms with Gasteiger partial charge in [-0.1, -0.05) is 13.8 Å². The summed E-state index contributed by atoms with van der Waals surface area (Å²) in [5.74, 6) is 3.95. The van der Waals surface area contributed by atoms with Crippen LogP contribution in [0, 0.1) is 40.4 Å². The van der Waals surface area contributed by atoms with Gasteiger partial charge in [-0.15, -0.1) is 0 Å². The molecule has 4 aliphatic carbocycles. The first kappa shape index (κ1) is 16.1. The smallest absolute Gasteiger partial charge is 0.132 e. The number of hydrogen-bond acceptors (Lipinski definition) is 2. The van der Waals surface area contributed by atoms with Crippen LogP contribution in [-0.2, 0) is 4.79 Å². The molecule has 0 spiro atoms.